The maximum Gasteiger partial charge on any atom is 0.238 e. The molecule has 1 saturated heterocycles. The molecule has 0 aromatic heterocycles. The van der Waals surface area contributed by atoms with E-state index in [0.717, 1.165) is 19.6 Å². The highest BCUT2D eigenvalue weighted by molar-refractivity contribution is 5.77. The van der Waals surface area contributed by atoms with E-state index < -0.39 is 0 Å². The molecule has 4 nitrogen and oxygen atoms in total. The number of hydrogen-bond donors (Lipinski definition) is 1. The maximum absolute atomic E-state index is 11.3. The Morgan fingerprint density at radius 3 is 2.62 bits per heavy atom. The summed E-state index contributed by atoms with van der Waals surface area (Å²) >= 11 is 0. The lowest BCUT2D eigenvalue weighted by molar-refractivity contribution is -0.138. The molecule has 1 fully saturated rings. The third-order valence-corrected chi connectivity index (χ3v) is 2.10. The molecular formula is C9H19N3O. The first kappa shape index (κ1) is 10.5. The van der Waals surface area contributed by atoms with E-state index >= 15 is 0 Å². The van der Waals surface area contributed by atoms with Gasteiger partial charge in [-0.1, -0.05) is 0 Å². The van der Waals surface area contributed by atoms with Crippen LogP contribution in [0.3, 0.4) is 0 Å². The molecule has 13 heavy (non-hydrogen) atoms. The van der Waals surface area contributed by atoms with Crippen LogP contribution in [0.5, 0.6) is 0 Å². The second-order valence-corrected chi connectivity index (χ2v) is 4.24. The molecule has 0 aromatic rings. The zero-order chi connectivity index (χ0) is 10.1. The van der Waals surface area contributed by atoms with Gasteiger partial charge in [-0.15, -0.1) is 0 Å². The molecule has 0 aliphatic carbocycles. The SMILES string of the molecule is CCN1C(=O)CCN1CC(C)(C)N. The normalized spacial score (nSPS) is 20.0. The van der Waals surface area contributed by atoms with Crippen LogP contribution >= 0.6 is 0 Å². The molecular weight excluding hydrogens is 166 g/mol. The lowest BCUT2D eigenvalue weighted by Crippen LogP contribution is -2.50. The van der Waals surface area contributed by atoms with Crippen LogP contribution in [0, 0.1) is 0 Å². The third kappa shape index (κ3) is 2.67. The first-order chi connectivity index (χ1) is 5.94. The van der Waals surface area contributed by atoms with Crippen LogP contribution in [0.2, 0.25) is 0 Å². The van der Waals surface area contributed by atoms with Crippen LogP contribution in [0.1, 0.15) is 27.2 Å². The zero-order valence-electron chi connectivity index (χ0n) is 8.71. The highest BCUT2D eigenvalue weighted by atomic mass is 16.2. The summed E-state index contributed by atoms with van der Waals surface area (Å²) in [5, 5.41) is 3.83. The summed E-state index contributed by atoms with van der Waals surface area (Å²) in [5.41, 5.74) is 5.66. The maximum atomic E-state index is 11.3. The lowest BCUT2D eigenvalue weighted by atomic mass is 10.1. The lowest BCUT2D eigenvalue weighted by Gasteiger charge is -2.32. The average Bonchev–Trinajstić information content (AvgIpc) is 2.28. The second-order valence-electron chi connectivity index (χ2n) is 4.24. The molecule has 0 radical (unpaired) electrons. The van der Waals surface area contributed by atoms with Crippen LogP contribution in [0.25, 0.3) is 0 Å². The Bertz CT molecular complexity index is 198. The molecule has 0 saturated carbocycles. The monoisotopic (exact) mass is 185 g/mol. The largest absolute Gasteiger partial charge is 0.324 e. The molecule has 1 amide bonds. The highest BCUT2D eigenvalue weighted by Gasteiger charge is 2.30. The molecule has 0 spiro atoms. The Morgan fingerprint density at radius 1 is 1.54 bits per heavy atom. The first-order valence-corrected chi connectivity index (χ1v) is 4.78. The van der Waals surface area contributed by atoms with E-state index in [1.54, 1.807) is 5.01 Å². The third-order valence-electron chi connectivity index (χ3n) is 2.10. The number of hydrogen-bond acceptors (Lipinski definition) is 3. The van der Waals surface area contributed by atoms with E-state index in [2.05, 4.69) is 0 Å². The van der Waals surface area contributed by atoms with Crippen LogP contribution in [0.15, 0.2) is 0 Å². The van der Waals surface area contributed by atoms with Crippen LogP contribution in [-0.4, -0.2) is 41.1 Å². The number of hydrazine groups is 1. The molecule has 4 heteroatoms. The number of carbonyl (C=O) groups is 1. The highest BCUT2D eigenvalue weighted by Crippen LogP contribution is 2.14. The fourth-order valence-corrected chi connectivity index (χ4v) is 1.64. The van der Waals surface area contributed by atoms with Crippen LogP contribution in [0.4, 0.5) is 0 Å². The molecule has 0 unspecified atom stereocenters. The van der Waals surface area contributed by atoms with E-state index in [1.165, 1.54) is 0 Å². The molecule has 2 N–H and O–H groups in total. The number of nitrogens with zero attached hydrogens (tertiary/aromatic N) is 2. The summed E-state index contributed by atoms with van der Waals surface area (Å²) in [6, 6.07) is 0. The quantitative estimate of drug-likeness (QED) is 0.683. The van der Waals surface area contributed by atoms with Crippen molar-refractivity contribution < 1.29 is 4.79 Å². The average molecular weight is 185 g/mol. The minimum atomic E-state index is -0.238. The van der Waals surface area contributed by atoms with Crippen molar-refractivity contribution in [3.8, 4) is 0 Å². The van der Waals surface area contributed by atoms with E-state index in [4.69, 9.17) is 5.73 Å². The van der Waals surface area contributed by atoms with Crippen molar-refractivity contribution in [1.29, 1.82) is 0 Å². The van der Waals surface area contributed by atoms with Crippen LogP contribution < -0.4 is 5.73 Å². The fraction of sp³-hybridized carbons (Fsp3) is 0.889. The number of nitrogens with two attached hydrogens (primary N) is 1. The van der Waals surface area contributed by atoms with Crippen molar-refractivity contribution in [1.82, 2.24) is 10.0 Å². The summed E-state index contributed by atoms with van der Waals surface area (Å²) in [4.78, 5) is 11.3. The topological polar surface area (TPSA) is 49.6 Å². The van der Waals surface area contributed by atoms with E-state index in [-0.39, 0.29) is 11.4 Å². The van der Waals surface area contributed by atoms with Gasteiger partial charge in [0.1, 0.15) is 0 Å². The van der Waals surface area contributed by atoms with Gasteiger partial charge in [-0.05, 0) is 20.8 Å². The predicted molar refractivity (Wildman–Crippen MR) is 51.8 cm³/mol. The Hall–Kier alpha value is -0.610. The van der Waals surface area contributed by atoms with E-state index in [1.807, 2.05) is 25.8 Å². The predicted octanol–water partition coefficient (Wildman–Crippen LogP) is 0.193. The van der Waals surface area contributed by atoms with Gasteiger partial charge in [-0.2, -0.15) is 0 Å². The smallest absolute Gasteiger partial charge is 0.238 e. The summed E-state index contributed by atoms with van der Waals surface area (Å²) in [6.45, 7) is 8.24. The summed E-state index contributed by atoms with van der Waals surface area (Å²) in [7, 11) is 0. The van der Waals surface area contributed by atoms with Gasteiger partial charge < -0.3 is 5.73 Å². The van der Waals surface area contributed by atoms with Gasteiger partial charge in [0.25, 0.3) is 0 Å². The molecule has 1 aliphatic rings. The number of rotatable bonds is 3. The van der Waals surface area contributed by atoms with Crippen molar-refractivity contribution in [2.45, 2.75) is 32.7 Å². The van der Waals surface area contributed by atoms with Crippen molar-refractivity contribution in [3.63, 3.8) is 0 Å². The van der Waals surface area contributed by atoms with Gasteiger partial charge in [-0.25, -0.2) is 5.01 Å². The summed E-state index contributed by atoms with van der Waals surface area (Å²) < 4.78 is 0. The van der Waals surface area contributed by atoms with Crippen molar-refractivity contribution >= 4 is 5.91 Å². The van der Waals surface area contributed by atoms with Crippen LogP contribution in [-0.2, 0) is 4.79 Å². The van der Waals surface area contributed by atoms with Crippen molar-refractivity contribution in [2.24, 2.45) is 5.73 Å². The standard InChI is InChI=1S/C9H19N3O/c1-4-12-8(13)5-6-11(12)7-9(2,3)10/h4-7,10H2,1-3H3. The van der Waals surface area contributed by atoms with E-state index in [0.29, 0.717) is 6.42 Å². The molecule has 0 atom stereocenters. The number of carbonyl (C=O) groups excluding carboxylic acids is 1. The Kier molecular flexibility index (Phi) is 2.93. The Morgan fingerprint density at radius 2 is 2.15 bits per heavy atom. The van der Waals surface area contributed by atoms with Gasteiger partial charge in [0.2, 0.25) is 5.91 Å². The van der Waals surface area contributed by atoms with Gasteiger partial charge in [0.15, 0.2) is 0 Å². The molecule has 0 bridgehead atoms. The Labute approximate surface area is 79.6 Å². The van der Waals surface area contributed by atoms with Gasteiger partial charge in [0.05, 0.1) is 0 Å². The Balaban J connectivity index is 2.56. The van der Waals surface area contributed by atoms with Crippen molar-refractivity contribution in [2.75, 3.05) is 19.6 Å². The van der Waals surface area contributed by atoms with Gasteiger partial charge in [-0.3, -0.25) is 9.80 Å². The minimum Gasteiger partial charge on any atom is -0.324 e. The van der Waals surface area contributed by atoms with Gasteiger partial charge >= 0.3 is 0 Å². The fourth-order valence-electron chi connectivity index (χ4n) is 1.64. The molecule has 0 aromatic carbocycles. The molecule has 76 valence electrons. The van der Waals surface area contributed by atoms with E-state index in [9.17, 15) is 4.79 Å². The second kappa shape index (κ2) is 3.64. The van der Waals surface area contributed by atoms with Crippen molar-refractivity contribution in [3.05, 3.63) is 0 Å². The zero-order valence-corrected chi connectivity index (χ0v) is 8.71. The molecule has 1 rings (SSSR count). The van der Waals surface area contributed by atoms with Gasteiger partial charge in [0, 0.05) is 31.6 Å². The first-order valence-electron chi connectivity index (χ1n) is 4.78. The molecule has 1 heterocycles. The molecule has 1 aliphatic heterocycles. The summed E-state index contributed by atoms with van der Waals surface area (Å²) in [6.07, 6.45) is 0.629. The number of amides is 1. The minimum absolute atomic E-state index is 0.215. The summed E-state index contributed by atoms with van der Waals surface area (Å²) in [5.74, 6) is 0.215.